The number of aromatic nitrogens is 3. The first-order valence-corrected chi connectivity index (χ1v) is 7.14. The molecule has 7 nitrogen and oxygen atoms in total. The maximum Gasteiger partial charge on any atom is 0.229 e. The highest BCUT2D eigenvalue weighted by Gasteiger charge is 2.33. The van der Waals surface area contributed by atoms with Gasteiger partial charge in [-0.15, -0.1) is 0 Å². The molecule has 1 amide bonds. The van der Waals surface area contributed by atoms with Crippen molar-refractivity contribution < 1.29 is 13.8 Å². The van der Waals surface area contributed by atoms with Crippen molar-refractivity contribution in [3.63, 3.8) is 0 Å². The second-order valence-corrected chi connectivity index (χ2v) is 5.46. The van der Waals surface area contributed by atoms with E-state index in [9.17, 15) is 4.79 Å². The lowest BCUT2D eigenvalue weighted by molar-refractivity contribution is -0.131. The number of nitrogens with zero attached hydrogens (tertiary/aromatic N) is 4. The molecule has 0 radical (unpaired) electrons. The van der Waals surface area contributed by atoms with E-state index in [0.29, 0.717) is 29.5 Å². The summed E-state index contributed by atoms with van der Waals surface area (Å²) in [6.45, 7) is 4.18. The molecule has 8 heteroatoms. The average molecular weight is 311 g/mol. The van der Waals surface area contributed by atoms with Crippen molar-refractivity contribution in [1.82, 2.24) is 20.2 Å². The van der Waals surface area contributed by atoms with Gasteiger partial charge in [0.1, 0.15) is 0 Å². The normalized spacial score (nSPS) is 18.4. The van der Waals surface area contributed by atoms with Crippen molar-refractivity contribution in [3.8, 4) is 0 Å². The molecule has 1 aliphatic rings. The van der Waals surface area contributed by atoms with E-state index in [1.54, 1.807) is 18.7 Å². The standard InChI is InChI=1S/C13H15ClN4O3/c1-7-9(12(14)21-16-7)6-11(19)18-5-3-4-10(18)13-15-8(2)20-17-13/h10H,3-6H2,1-2H3/t10-/m0/s1. The molecule has 1 saturated heterocycles. The van der Waals surface area contributed by atoms with Crippen LogP contribution in [-0.4, -0.2) is 32.6 Å². The number of hydrogen-bond acceptors (Lipinski definition) is 6. The van der Waals surface area contributed by atoms with Crippen molar-refractivity contribution in [1.29, 1.82) is 0 Å². The molecule has 0 aliphatic carbocycles. The molecule has 2 aromatic rings. The zero-order chi connectivity index (χ0) is 15.0. The number of aryl methyl sites for hydroxylation is 2. The summed E-state index contributed by atoms with van der Waals surface area (Å²) in [6.07, 6.45) is 1.92. The van der Waals surface area contributed by atoms with Crippen LogP contribution in [0.4, 0.5) is 0 Å². The summed E-state index contributed by atoms with van der Waals surface area (Å²) < 4.78 is 9.88. The van der Waals surface area contributed by atoms with Gasteiger partial charge in [-0.3, -0.25) is 4.79 Å². The van der Waals surface area contributed by atoms with Crippen molar-refractivity contribution in [2.24, 2.45) is 0 Å². The highest BCUT2D eigenvalue weighted by molar-refractivity contribution is 6.29. The zero-order valence-electron chi connectivity index (χ0n) is 11.8. The van der Waals surface area contributed by atoms with Crippen LogP contribution in [0.25, 0.3) is 0 Å². The van der Waals surface area contributed by atoms with Crippen LogP contribution in [0, 0.1) is 13.8 Å². The molecule has 0 N–H and O–H groups in total. The number of likely N-dealkylation sites (tertiary alicyclic amines) is 1. The fourth-order valence-electron chi connectivity index (χ4n) is 2.60. The van der Waals surface area contributed by atoms with Crippen LogP contribution in [0.2, 0.25) is 5.22 Å². The van der Waals surface area contributed by atoms with E-state index < -0.39 is 0 Å². The molecule has 0 spiro atoms. The second-order valence-electron chi connectivity index (χ2n) is 5.11. The Bertz CT molecular complexity index is 647. The van der Waals surface area contributed by atoms with Gasteiger partial charge in [-0.25, -0.2) is 0 Å². The first-order valence-electron chi connectivity index (χ1n) is 6.76. The predicted molar refractivity (Wildman–Crippen MR) is 72.7 cm³/mol. The minimum Gasteiger partial charge on any atom is -0.344 e. The van der Waals surface area contributed by atoms with Crippen LogP contribution in [0.5, 0.6) is 0 Å². The molecule has 0 saturated carbocycles. The van der Waals surface area contributed by atoms with Crippen molar-refractivity contribution in [2.45, 2.75) is 39.2 Å². The lowest BCUT2D eigenvalue weighted by atomic mass is 10.1. The van der Waals surface area contributed by atoms with Crippen LogP contribution in [0.1, 0.15) is 41.9 Å². The number of carbonyl (C=O) groups excluding carboxylic acids is 1. The first-order chi connectivity index (χ1) is 10.1. The average Bonchev–Trinajstić information content (AvgIpc) is 3.14. The fourth-order valence-corrected chi connectivity index (χ4v) is 2.83. The quantitative estimate of drug-likeness (QED) is 0.864. The molecule has 2 aromatic heterocycles. The minimum absolute atomic E-state index is 0.0341. The van der Waals surface area contributed by atoms with E-state index in [-0.39, 0.29) is 23.6 Å². The van der Waals surface area contributed by atoms with E-state index in [4.69, 9.17) is 20.6 Å². The Kier molecular flexibility index (Phi) is 3.67. The van der Waals surface area contributed by atoms with Crippen LogP contribution in [0.15, 0.2) is 9.05 Å². The van der Waals surface area contributed by atoms with Crippen molar-refractivity contribution in [2.75, 3.05) is 6.54 Å². The Labute approximate surface area is 126 Å². The number of carbonyl (C=O) groups is 1. The van der Waals surface area contributed by atoms with Gasteiger partial charge in [0.15, 0.2) is 5.82 Å². The molecule has 0 bridgehead atoms. The maximum absolute atomic E-state index is 12.5. The summed E-state index contributed by atoms with van der Waals surface area (Å²) >= 11 is 5.91. The molecule has 0 unspecified atom stereocenters. The summed E-state index contributed by atoms with van der Waals surface area (Å²) in [7, 11) is 0. The van der Waals surface area contributed by atoms with Gasteiger partial charge in [0.2, 0.25) is 17.0 Å². The molecule has 3 heterocycles. The Hall–Kier alpha value is -1.89. The van der Waals surface area contributed by atoms with Gasteiger partial charge in [0.25, 0.3) is 0 Å². The van der Waals surface area contributed by atoms with E-state index in [2.05, 4.69) is 15.3 Å². The molecule has 0 aromatic carbocycles. The number of halogens is 1. The summed E-state index contributed by atoms with van der Waals surface area (Å²) in [5.41, 5.74) is 1.27. The first kappa shape index (κ1) is 14.1. The molecule has 1 fully saturated rings. The Morgan fingerprint density at radius 2 is 2.19 bits per heavy atom. The van der Waals surface area contributed by atoms with Gasteiger partial charge in [-0.1, -0.05) is 10.3 Å². The summed E-state index contributed by atoms with van der Waals surface area (Å²) in [6, 6.07) is -0.131. The molecule has 1 aliphatic heterocycles. The molecular formula is C13H15ClN4O3. The van der Waals surface area contributed by atoms with Gasteiger partial charge in [-0.05, 0) is 31.4 Å². The van der Waals surface area contributed by atoms with Crippen LogP contribution < -0.4 is 0 Å². The van der Waals surface area contributed by atoms with Crippen LogP contribution >= 0.6 is 11.6 Å². The highest BCUT2D eigenvalue weighted by atomic mass is 35.5. The van der Waals surface area contributed by atoms with Crippen molar-refractivity contribution in [3.05, 3.63) is 28.2 Å². The Morgan fingerprint density at radius 3 is 2.81 bits per heavy atom. The number of hydrogen-bond donors (Lipinski definition) is 0. The monoisotopic (exact) mass is 310 g/mol. The van der Waals surface area contributed by atoms with E-state index in [0.717, 1.165) is 12.8 Å². The van der Waals surface area contributed by atoms with Crippen LogP contribution in [-0.2, 0) is 11.2 Å². The SMILES string of the molecule is Cc1nc([C@@H]2CCCN2C(=O)Cc2c(C)noc2Cl)no1. The number of rotatable bonds is 3. The topological polar surface area (TPSA) is 85.3 Å². The predicted octanol–water partition coefficient (Wildman–Crippen LogP) is 2.23. The van der Waals surface area contributed by atoms with E-state index in [1.807, 2.05) is 0 Å². The van der Waals surface area contributed by atoms with Gasteiger partial charge in [0, 0.05) is 19.0 Å². The summed E-state index contributed by atoms with van der Waals surface area (Å²) in [5.74, 6) is 1.03. The third kappa shape index (κ3) is 2.65. The lowest BCUT2D eigenvalue weighted by Crippen LogP contribution is -2.32. The van der Waals surface area contributed by atoms with Crippen LogP contribution in [0.3, 0.4) is 0 Å². The smallest absolute Gasteiger partial charge is 0.229 e. The third-order valence-electron chi connectivity index (χ3n) is 3.68. The van der Waals surface area contributed by atoms with Gasteiger partial charge < -0.3 is 13.9 Å². The number of amides is 1. The molecular weight excluding hydrogens is 296 g/mol. The molecule has 21 heavy (non-hydrogen) atoms. The molecule has 1 atom stereocenters. The van der Waals surface area contributed by atoms with E-state index in [1.165, 1.54) is 0 Å². The summed E-state index contributed by atoms with van der Waals surface area (Å²) in [5, 5.41) is 7.86. The van der Waals surface area contributed by atoms with E-state index >= 15 is 0 Å². The minimum atomic E-state index is -0.131. The van der Waals surface area contributed by atoms with Gasteiger partial charge >= 0.3 is 0 Å². The van der Waals surface area contributed by atoms with Gasteiger partial charge in [0.05, 0.1) is 18.2 Å². The maximum atomic E-state index is 12.5. The Balaban J connectivity index is 1.77. The third-order valence-corrected chi connectivity index (χ3v) is 3.98. The van der Waals surface area contributed by atoms with Crippen molar-refractivity contribution >= 4 is 17.5 Å². The Morgan fingerprint density at radius 1 is 1.38 bits per heavy atom. The lowest BCUT2D eigenvalue weighted by Gasteiger charge is -2.22. The fraction of sp³-hybridized carbons (Fsp3) is 0.538. The largest absolute Gasteiger partial charge is 0.344 e. The molecule has 112 valence electrons. The second kappa shape index (κ2) is 5.48. The summed E-state index contributed by atoms with van der Waals surface area (Å²) in [4.78, 5) is 18.5. The van der Waals surface area contributed by atoms with Gasteiger partial charge in [-0.2, -0.15) is 4.98 Å². The zero-order valence-corrected chi connectivity index (χ0v) is 12.6. The molecule has 3 rings (SSSR count). The highest BCUT2D eigenvalue weighted by Crippen LogP contribution is 2.31.